The summed E-state index contributed by atoms with van der Waals surface area (Å²) in [7, 11) is 0. The number of hydrogen-bond acceptors (Lipinski definition) is 1. The standard InChI is InChI=1S/C18H16ClF2N/c1-4-6-12(5-2)7-8-15-11(3)18(19)17-14(21)9-13(20)10-16(17)22-15/h4-10H,1-3H3. The van der Waals surface area contributed by atoms with Gasteiger partial charge in [0.2, 0.25) is 0 Å². The first kappa shape index (κ1) is 16.4. The van der Waals surface area contributed by atoms with Crippen molar-refractivity contribution in [3.05, 3.63) is 69.9 Å². The van der Waals surface area contributed by atoms with Gasteiger partial charge in [-0.2, -0.15) is 0 Å². The molecular weight excluding hydrogens is 304 g/mol. The quantitative estimate of drug-likeness (QED) is 0.631. The van der Waals surface area contributed by atoms with Gasteiger partial charge in [0.15, 0.2) is 0 Å². The van der Waals surface area contributed by atoms with Crippen molar-refractivity contribution in [3.8, 4) is 0 Å². The highest BCUT2D eigenvalue weighted by molar-refractivity contribution is 6.36. The maximum atomic E-state index is 13.9. The molecule has 0 aliphatic rings. The van der Waals surface area contributed by atoms with E-state index in [4.69, 9.17) is 11.6 Å². The highest BCUT2D eigenvalue weighted by Crippen LogP contribution is 2.31. The van der Waals surface area contributed by atoms with E-state index in [-0.39, 0.29) is 15.9 Å². The Morgan fingerprint density at radius 2 is 1.91 bits per heavy atom. The van der Waals surface area contributed by atoms with Gasteiger partial charge in [0, 0.05) is 12.1 Å². The second-order valence-electron chi connectivity index (χ2n) is 4.84. The molecule has 1 aromatic carbocycles. The van der Waals surface area contributed by atoms with Gasteiger partial charge in [-0.25, -0.2) is 13.8 Å². The highest BCUT2D eigenvalue weighted by atomic mass is 35.5. The van der Waals surface area contributed by atoms with Crippen LogP contribution in [0.4, 0.5) is 8.78 Å². The molecule has 0 spiro atoms. The molecular formula is C18H16ClF2N. The predicted molar refractivity (Wildman–Crippen MR) is 89.0 cm³/mol. The van der Waals surface area contributed by atoms with E-state index in [1.165, 1.54) is 6.07 Å². The SMILES string of the molecule is CC=CC(C=Cc1nc2cc(F)cc(F)c2c(Cl)c1C)=CC. The van der Waals surface area contributed by atoms with E-state index in [9.17, 15) is 8.78 Å². The molecule has 1 aromatic heterocycles. The van der Waals surface area contributed by atoms with Crippen LogP contribution in [-0.4, -0.2) is 4.98 Å². The third-order valence-electron chi connectivity index (χ3n) is 3.33. The lowest BCUT2D eigenvalue weighted by Crippen LogP contribution is -1.95. The molecule has 114 valence electrons. The van der Waals surface area contributed by atoms with Crippen LogP contribution in [0.3, 0.4) is 0 Å². The number of rotatable bonds is 3. The molecule has 1 nitrogen and oxygen atoms in total. The molecule has 22 heavy (non-hydrogen) atoms. The van der Waals surface area contributed by atoms with Crippen molar-refractivity contribution < 1.29 is 8.78 Å². The summed E-state index contributed by atoms with van der Waals surface area (Å²) in [6.07, 6.45) is 9.51. The van der Waals surface area contributed by atoms with E-state index >= 15 is 0 Å². The van der Waals surface area contributed by atoms with E-state index in [0.29, 0.717) is 11.3 Å². The molecule has 0 N–H and O–H groups in total. The van der Waals surface area contributed by atoms with Crippen LogP contribution in [0.5, 0.6) is 0 Å². The molecule has 0 saturated carbocycles. The van der Waals surface area contributed by atoms with Crippen LogP contribution in [0.15, 0.2) is 42.0 Å². The summed E-state index contributed by atoms with van der Waals surface area (Å²) < 4.78 is 27.3. The van der Waals surface area contributed by atoms with Crippen LogP contribution >= 0.6 is 11.6 Å². The number of nitrogens with zero attached hydrogens (tertiary/aromatic N) is 1. The molecule has 0 aliphatic carbocycles. The minimum Gasteiger partial charge on any atom is -0.248 e. The number of benzene rings is 1. The van der Waals surface area contributed by atoms with Crippen molar-refractivity contribution in [1.82, 2.24) is 4.98 Å². The Balaban J connectivity index is 2.61. The van der Waals surface area contributed by atoms with Crippen LogP contribution < -0.4 is 0 Å². The lowest BCUT2D eigenvalue weighted by atomic mass is 10.1. The first-order valence-electron chi connectivity index (χ1n) is 6.89. The highest BCUT2D eigenvalue weighted by Gasteiger charge is 2.13. The summed E-state index contributed by atoms with van der Waals surface area (Å²) in [5.74, 6) is -1.37. The third-order valence-corrected chi connectivity index (χ3v) is 3.81. The van der Waals surface area contributed by atoms with E-state index in [1.54, 1.807) is 13.0 Å². The smallest absolute Gasteiger partial charge is 0.137 e. The third kappa shape index (κ3) is 3.25. The Morgan fingerprint density at radius 1 is 1.18 bits per heavy atom. The number of fused-ring (bicyclic) bond motifs is 1. The van der Waals surface area contributed by atoms with Crippen LogP contribution in [-0.2, 0) is 0 Å². The molecule has 0 atom stereocenters. The number of pyridine rings is 1. The van der Waals surface area contributed by atoms with Crippen molar-refractivity contribution in [2.45, 2.75) is 20.8 Å². The molecule has 0 amide bonds. The fourth-order valence-electron chi connectivity index (χ4n) is 2.16. The maximum Gasteiger partial charge on any atom is 0.137 e. The van der Waals surface area contributed by atoms with Crippen molar-refractivity contribution >= 4 is 28.6 Å². The monoisotopic (exact) mass is 319 g/mol. The van der Waals surface area contributed by atoms with Crippen LogP contribution in [0.2, 0.25) is 5.02 Å². The van der Waals surface area contributed by atoms with Crippen molar-refractivity contribution in [1.29, 1.82) is 0 Å². The van der Waals surface area contributed by atoms with Crippen molar-refractivity contribution in [3.63, 3.8) is 0 Å². The average Bonchev–Trinajstić information content (AvgIpc) is 2.47. The largest absolute Gasteiger partial charge is 0.248 e. The van der Waals surface area contributed by atoms with E-state index in [2.05, 4.69) is 4.98 Å². The summed E-state index contributed by atoms with van der Waals surface area (Å²) in [5.41, 5.74) is 2.46. The molecule has 0 unspecified atom stereocenters. The van der Waals surface area contributed by atoms with Gasteiger partial charge in [-0.1, -0.05) is 35.9 Å². The minimum absolute atomic E-state index is 0.150. The summed E-state index contributed by atoms with van der Waals surface area (Å²) in [5, 5.41) is 0.410. The topological polar surface area (TPSA) is 12.9 Å². The minimum atomic E-state index is -0.700. The van der Waals surface area contributed by atoms with Gasteiger partial charge in [-0.3, -0.25) is 0 Å². The van der Waals surface area contributed by atoms with Crippen LogP contribution in [0.25, 0.3) is 17.0 Å². The summed E-state index contributed by atoms with van der Waals surface area (Å²) in [6, 6.07) is 2.00. The second-order valence-corrected chi connectivity index (χ2v) is 5.22. The van der Waals surface area contributed by atoms with E-state index in [0.717, 1.165) is 11.6 Å². The molecule has 0 aliphatic heterocycles. The molecule has 0 saturated heterocycles. The maximum absolute atomic E-state index is 13.9. The number of halogens is 3. The molecule has 0 bridgehead atoms. The zero-order chi connectivity index (χ0) is 16.3. The zero-order valence-corrected chi connectivity index (χ0v) is 13.4. The number of aromatic nitrogens is 1. The fourth-order valence-corrected chi connectivity index (χ4v) is 2.44. The molecule has 1 heterocycles. The lowest BCUT2D eigenvalue weighted by Gasteiger charge is -2.08. The van der Waals surface area contributed by atoms with E-state index in [1.807, 2.05) is 38.2 Å². The van der Waals surface area contributed by atoms with Gasteiger partial charge in [0.05, 0.1) is 21.6 Å². The van der Waals surface area contributed by atoms with Gasteiger partial charge in [-0.05, 0) is 38.0 Å². The lowest BCUT2D eigenvalue weighted by molar-refractivity contribution is 0.591. The first-order valence-corrected chi connectivity index (χ1v) is 7.27. The summed E-state index contributed by atoms with van der Waals surface area (Å²) >= 11 is 6.23. The van der Waals surface area contributed by atoms with Crippen LogP contribution in [0.1, 0.15) is 25.1 Å². The Hall–Kier alpha value is -2.00. The van der Waals surface area contributed by atoms with Gasteiger partial charge in [0.25, 0.3) is 0 Å². The molecule has 0 fully saturated rings. The first-order chi connectivity index (χ1) is 10.5. The molecule has 2 aromatic rings. The van der Waals surface area contributed by atoms with Gasteiger partial charge in [-0.15, -0.1) is 0 Å². The van der Waals surface area contributed by atoms with Crippen molar-refractivity contribution in [2.75, 3.05) is 0 Å². The number of hydrogen-bond donors (Lipinski definition) is 0. The Labute approximate surface area is 133 Å². The fraction of sp³-hybridized carbons (Fsp3) is 0.167. The average molecular weight is 320 g/mol. The molecule has 4 heteroatoms. The molecule has 2 rings (SSSR count). The zero-order valence-electron chi connectivity index (χ0n) is 12.6. The summed E-state index contributed by atoms with van der Waals surface area (Å²) in [6.45, 7) is 5.62. The van der Waals surface area contributed by atoms with Crippen LogP contribution in [0, 0.1) is 18.6 Å². The normalized spacial score (nSPS) is 12.9. The van der Waals surface area contributed by atoms with E-state index < -0.39 is 11.6 Å². The second kappa shape index (κ2) is 6.84. The van der Waals surface area contributed by atoms with Gasteiger partial charge in [0.1, 0.15) is 11.6 Å². The predicted octanol–water partition coefficient (Wildman–Crippen LogP) is 6.01. The number of allylic oxidation sites excluding steroid dienone is 5. The van der Waals surface area contributed by atoms with Gasteiger partial charge < -0.3 is 0 Å². The Bertz CT molecular complexity index is 805. The van der Waals surface area contributed by atoms with Gasteiger partial charge >= 0.3 is 0 Å². The molecule has 0 radical (unpaired) electrons. The van der Waals surface area contributed by atoms with Crippen molar-refractivity contribution in [2.24, 2.45) is 0 Å². The summed E-state index contributed by atoms with van der Waals surface area (Å²) in [4.78, 5) is 4.32. The Morgan fingerprint density at radius 3 is 2.55 bits per heavy atom. The Kier molecular flexibility index (Phi) is 5.09.